The molecule has 0 N–H and O–H groups in total. The lowest BCUT2D eigenvalue weighted by molar-refractivity contribution is 0.286. The first-order valence-corrected chi connectivity index (χ1v) is 8.03. The number of benzene rings is 2. The summed E-state index contributed by atoms with van der Waals surface area (Å²) in [5.41, 5.74) is 1.77. The van der Waals surface area contributed by atoms with Gasteiger partial charge in [0.1, 0.15) is 5.82 Å². The van der Waals surface area contributed by atoms with Gasteiger partial charge in [-0.25, -0.2) is 0 Å². The normalized spacial score (nSPS) is 11.3. The van der Waals surface area contributed by atoms with Crippen molar-refractivity contribution in [2.45, 2.75) is 20.4 Å². The summed E-state index contributed by atoms with van der Waals surface area (Å²) < 4.78 is 2.09. The molecule has 0 radical (unpaired) electrons. The highest BCUT2D eigenvalue weighted by Crippen LogP contribution is 2.18. The van der Waals surface area contributed by atoms with Crippen LogP contribution >= 0.6 is 0 Å². The molecule has 4 nitrogen and oxygen atoms in total. The minimum atomic E-state index is -0.157. The Morgan fingerprint density at radius 1 is 0.957 bits per heavy atom. The number of hydrogen-bond donors (Lipinski definition) is 0. The number of hydrogen-bond acceptors (Lipinski definition) is 3. The molecule has 0 saturated heterocycles. The average Bonchev–Trinajstić information content (AvgIpc) is 2.60. The highest BCUT2D eigenvalue weighted by Gasteiger charge is 2.14. The van der Waals surface area contributed by atoms with E-state index in [1.807, 2.05) is 54.6 Å². The molecule has 0 amide bonds. The number of para-hydroxylation sites is 2. The minimum Gasteiger partial charge on any atom is -0.297 e. The summed E-state index contributed by atoms with van der Waals surface area (Å²) in [7, 11) is 0. The van der Waals surface area contributed by atoms with Crippen molar-refractivity contribution < 1.29 is 0 Å². The topological polar surface area (TPSA) is 38.1 Å². The second-order valence-electron chi connectivity index (χ2n) is 5.48. The van der Waals surface area contributed by atoms with E-state index in [1.165, 1.54) is 0 Å². The van der Waals surface area contributed by atoms with Crippen LogP contribution in [0.3, 0.4) is 0 Å². The third-order valence-electron chi connectivity index (χ3n) is 4.14. The van der Waals surface area contributed by atoms with Crippen LogP contribution in [0.1, 0.15) is 19.7 Å². The number of aromatic nitrogens is 2. The summed E-state index contributed by atoms with van der Waals surface area (Å²) >= 11 is 0. The smallest absolute Gasteiger partial charge is 0.280 e. The van der Waals surface area contributed by atoms with Crippen molar-refractivity contribution in [3.63, 3.8) is 0 Å². The highest BCUT2D eigenvalue weighted by molar-refractivity contribution is 5.79. The van der Waals surface area contributed by atoms with Gasteiger partial charge in [0.05, 0.1) is 17.4 Å². The van der Waals surface area contributed by atoms with Crippen molar-refractivity contribution in [2.24, 2.45) is 0 Å². The first-order chi connectivity index (χ1) is 11.2. The van der Waals surface area contributed by atoms with Gasteiger partial charge in [-0.1, -0.05) is 44.2 Å². The van der Waals surface area contributed by atoms with E-state index in [2.05, 4.69) is 28.3 Å². The summed E-state index contributed by atoms with van der Waals surface area (Å²) in [6.45, 7) is 6.75. The van der Waals surface area contributed by atoms with Crippen LogP contribution in [0.4, 0.5) is 0 Å². The number of rotatable bonds is 5. The van der Waals surface area contributed by atoms with Gasteiger partial charge in [-0.15, -0.1) is 0 Å². The van der Waals surface area contributed by atoms with Crippen molar-refractivity contribution in [2.75, 3.05) is 13.1 Å². The van der Waals surface area contributed by atoms with Crippen LogP contribution in [-0.4, -0.2) is 27.5 Å². The maximum atomic E-state index is 12.4. The van der Waals surface area contributed by atoms with Crippen LogP contribution in [0.2, 0.25) is 0 Å². The Labute approximate surface area is 136 Å². The highest BCUT2D eigenvalue weighted by atomic mass is 16.1. The molecule has 0 aliphatic heterocycles. The fourth-order valence-electron chi connectivity index (χ4n) is 2.83. The first kappa shape index (κ1) is 15.4. The molecule has 2 aromatic carbocycles. The molecular formula is C19H21N3O. The molecule has 4 heteroatoms. The van der Waals surface area contributed by atoms with Gasteiger partial charge < -0.3 is 0 Å². The van der Waals surface area contributed by atoms with Crippen LogP contribution in [0.25, 0.3) is 16.6 Å². The largest absolute Gasteiger partial charge is 0.297 e. The summed E-state index contributed by atoms with van der Waals surface area (Å²) in [5.74, 6) is 0.781. The van der Waals surface area contributed by atoms with Gasteiger partial charge in [0.25, 0.3) is 5.56 Å². The zero-order valence-corrected chi connectivity index (χ0v) is 13.6. The van der Waals surface area contributed by atoms with Crippen molar-refractivity contribution in [3.8, 4) is 5.69 Å². The molecule has 3 aromatic rings. The zero-order valence-electron chi connectivity index (χ0n) is 13.6. The molecule has 23 heavy (non-hydrogen) atoms. The molecule has 0 atom stereocenters. The monoisotopic (exact) mass is 307 g/mol. The van der Waals surface area contributed by atoms with E-state index in [-0.39, 0.29) is 5.56 Å². The Balaban J connectivity index is 2.28. The van der Waals surface area contributed by atoms with E-state index in [0.29, 0.717) is 11.9 Å². The predicted molar refractivity (Wildman–Crippen MR) is 94.0 cm³/mol. The Morgan fingerprint density at radius 3 is 2.30 bits per heavy atom. The van der Waals surface area contributed by atoms with Crippen molar-refractivity contribution in [1.29, 1.82) is 0 Å². The zero-order chi connectivity index (χ0) is 16.2. The van der Waals surface area contributed by atoms with Gasteiger partial charge in [0.15, 0.2) is 0 Å². The fourth-order valence-corrected chi connectivity index (χ4v) is 2.83. The summed E-state index contributed by atoms with van der Waals surface area (Å²) in [5, 5.41) is 0.652. The maximum absolute atomic E-state index is 12.4. The van der Waals surface area contributed by atoms with E-state index in [4.69, 9.17) is 0 Å². The van der Waals surface area contributed by atoms with Gasteiger partial charge in [0, 0.05) is 5.69 Å². The Hall–Kier alpha value is -2.46. The van der Waals surface area contributed by atoms with Gasteiger partial charge >= 0.3 is 0 Å². The quantitative estimate of drug-likeness (QED) is 0.726. The summed E-state index contributed by atoms with van der Waals surface area (Å²) in [4.78, 5) is 19.0. The second kappa shape index (κ2) is 6.75. The Bertz CT molecular complexity index is 851. The van der Waals surface area contributed by atoms with E-state index in [0.717, 1.165) is 30.1 Å². The van der Waals surface area contributed by atoms with Crippen LogP contribution in [0, 0.1) is 0 Å². The molecule has 0 spiro atoms. The molecule has 3 rings (SSSR count). The van der Waals surface area contributed by atoms with E-state index < -0.39 is 0 Å². The van der Waals surface area contributed by atoms with Crippen LogP contribution in [-0.2, 0) is 6.54 Å². The SMILES string of the molecule is CCN(CC)Cc1nc(=O)c2ccccc2n1-c1ccccc1. The van der Waals surface area contributed by atoms with Crippen molar-refractivity contribution in [1.82, 2.24) is 14.5 Å². The molecule has 0 bridgehead atoms. The van der Waals surface area contributed by atoms with Gasteiger partial charge in [0.2, 0.25) is 0 Å². The van der Waals surface area contributed by atoms with Gasteiger partial charge in [-0.3, -0.25) is 14.3 Å². The number of nitrogens with zero attached hydrogens (tertiary/aromatic N) is 3. The lowest BCUT2D eigenvalue weighted by Gasteiger charge is -2.21. The molecule has 1 heterocycles. The molecule has 0 fully saturated rings. The molecular weight excluding hydrogens is 286 g/mol. The minimum absolute atomic E-state index is 0.157. The van der Waals surface area contributed by atoms with Crippen molar-refractivity contribution >= 4 is 10.9 Å². The molecule has 0 aliphatic carbocycles. The van der Waals surface area contributed by atoms with Gasteiger partial charge in [-0.2, -0.15) is 4.98 Å². The average molecular weight is 307 g/mol. The summed E-state index contributed by atoms with van der Waals surface area (Å²) in [6.07, 6.45) is 0. The lowest BCUT2D eigenvalue weighted by atomic mass is 10.2. The first-order valence-electron chi connectivity index (χ1n) is 8.03. The Kier molecular flexibility index (Phi) is 4.53. The molecule has 0 aliphatic rings. The molecule has 0 saturated carbocycles. The predicted octanol–water partition coefficient (Wildman–Crippen LogP) is 3.23. The Morgan fingerprint density at radius 2 is 1.61 bits per heavy atom. The van der Waals surface area contributed by atoms with Crippen LogP contribution in [0.5, 0.6) is 0 Å². The van der Waals surface area contributed by atoms with E-state index in [9.17, 15) is 4.79 Å². The molecule has 1 aromatic heterocycles. The third kappa shape index (κ3) is 3.03. The van der Waals surface area contributed by atoms with Crippen LogP contribution < -0.4 is 5.56 Å². The second-order valence-corrected chi connectivity index (χ2v) is 5.48. The van der Waals surface area contributed by atoms with Crippen molar-refractivity contribution in [3.05, 3.63) is 70.8 Å². The van der Waals surface area contributed by atoms with Crippen LogP contribution in [0.15, 0.2) is 59.4 Å². The lowest BCUT2D eigenvalue weighted by Crippen LogP contribution is -2.28. The molecule has 118 valence electrons. The van der Waals surface area contributed by atoms with E-state index in [1.54, 1.807) is 0 Å². The standard InChI is InChI=1S/C19H21N3O/c1-3-21(4-2)14-18-20-19(23)16-12-8-9-13-17(16)22(18)15-10-6-5-7-11-15/h5-13H,3-4,14H2,1-2H3. The number of fused-ring (bicyclic) bond motifs is 1. The van der Waals surface area contributed by atoms with E-state index >= 15 is 0 Å². The third-order valence-corrected chi connectivity index (χ3v) is 4.14. The maximum Gasteiger partial charge on any atom is 0.280 e. The summed E-state index contributed by atoms with van der Waals surface area (Å²) in [6, 6.07) is 17.8. The fraction of sp³-hybridized carbons (Fsp3) is 0.263. The molecule has 0 unspecified atom stereocenters. The van der Waals surface area contributed by atoms with Gasteiger partial charge in [-0.05, 0) is 37.4 Å².